The van der Waals surface area contributed by atoms with Crippen molar-refractivity contribution in [3.8, 4) is 0 Å². The molecule has 0 radical (unpaired) electrons. The molecule has 0 unspecified atom stereocenters. The van der Waals surface area contributed by atoms with E-state index in [1.165, 1.54) is 20.2 Å². The third-order valence-electron chi connectivity index (χ3n) is 3.60. The van der Waals surface area contributed by atoms with Crippen molar-refractivity contribution in [1.82, 2.24) is 14.5 Å². The summed E-state index contributed by atoms with van der Waals surface area (Å²) in [6.45, 7) is 5.51. The van der Waals surface area contributed by atoms with Gasteiger partial charge in [0.15, 0.2) is 5.76 Å². The van der Waals surface area contributed by atoms with Gasteiger partial charge in [-0.1, -0.05) is 0 Å². The first-order chi connectivity index (χ1) is 9.75. The smallest absolute Gasteiger partial charge is 0.289 e. The van der Waals surface area contributed by atoms with E-state index in [1.807, 2.05) is 6.92 Å². The number of hydrogen-bond acceptors (Lipinski definition) is 5. The summed E-state index contributed by atoms with van der Waals surface area (Å²) in [5.74, 6) is 0.0313. The average Bonchev–Trinajstić information content (AvgIpc) is 2.81. The van der Waals surface area contributed by atoms with Crippen molar-refractivity contribution in [1.29, 1.82) is 0 Å². The third kappa shape index (κ3) is 2.97. The molecule has 118 valence electrons. The maximum Gasteiger partial charge on any atom is 0.289 e. The molecule has 1 saturated heterocycles. The molecule has 1 aromatic heterocycles. The summed E-state index contributed by atoms with van der Waals surface area (Å²) in [7, 11) is -0.716. The molecule has 1 aliphatic heterocycles. The largest absolute Gasteiger partial charge is 0.455 e. The Morgan fingerprint density at radius 1 is 1.48 bits per heavy atom. The van der Waals surface area contributed by atoms with Crippen LogP contribution in [0.5, 0.6) is 0 Å². The minimum atomic E-state index is -3.61. The number of aryl methyl sites for hydroxylation is 1. The molecule has 2 heterocycles. The zero-order valence-electron chi connectivity index (χ0n) is 12.7. The van der Waals surface area contributed by atoms with Gasteiger partial charge in [-0.15, -0.1) is 0 Å². The number of carbonyl (C=O) groups is 1. The lowest BCUT2D eigenvalue weighted by Gasteiger charge is -2.33. The van der Waals surface area contributed by atoms with Gasteiger partial charge in [-0.25, -0.2) is 12.7 Å². The highest BCUT2D eigenvalue weighted by Crippen LogP contribution is 2.24. The summed E-state index contributed by atoms with van der Waals surface area (Å²) in [6, 6.07) is 1.37. The summed E-state index contributed by atoms with van der Waals surface area (Å²) in [6.07, 6.45) is 0. The molecule has 1 aromatic rings. The molecule has 1 aliphatic rings. The van der Waals surface area contributed by atoms with Gasteiger partial charge in [-0.2, -0.15) is 0 Å². The van der Waals surface area contributed by atoms with E-state index in [0.717, 1.165) is 10.8 Å². The maximum atomic E-state index is 12.5. The Kier molecular flexibility index (Phi) is 4.40. The number of sulfonamides is 1. The Morgan fingerprint density at radius 3 is 2.71 bits per heavy atom. The van der Waals surface area contributed by atoms with Crippen LogP contribution in [0.4, 0.5) is 0 Å². The first-order valence-electron chi connectivity index (χ1n) is 6.79. The summed E-state index contributed by atoms with van der Waals surface area (Å²) in [5.41, 5.74) is 0. The van der Waals surface area contributed by atoms with Gasteiger partial charge >= 0.3 is 0 Å². The molecular weight excluding hydrogens is 294 g/mol. The van der Waals surface area contributed by atoms with Crippen LogP contribution in [-0.2, 0) is 10.0 Å². The van der Waals surface area contributed by atoms with E-state index < -0.39 is 10.0 Å². The minimum Gasteiger partial charge on any atom is -0.455 e. The van der Waals surface area contributed by atoms with Gasteiger partial charge in [0.2, 0.25) is 10.0 Å². The van der Waals surface area contributed by atoms with Gasteiger partial charge < -0.3 is 14.6 Å². The Morgan fingerprint density at radius 2 is 2.14 bits per heavy atom. The Bertz CT molecular complexity index is 636. The second-order valence-corrected chi connectivity index (χ2v) is 7.49. The van der Waals surface area contributed by atoms with Crippen molar-refractivity contribution in [3.63, 3.8) is 0 Å². The zero-order valence-corrected chi connectivity index (χ0v) is 13.5. The molecule has 1 fully saturated rings. The van der Waals surface area contributed by atoms with Crippen LogP contribution >= 0.6 is 0 Å². The van der Waals surface area contributed by atoms with Crippen LogP contribution in [-0.4, -0.2) is 63.3 Å². The molecule has 0 saturated carbocycles. The van der Waals surface area contributed by atoms with Crippen molar-refractivity contribution >= 4 is 15.9 Å². The van der Waals surface area contributed by atoms with E-state index >= 15 is 0 Å². The topological polar surface area (TPSA) is 82.9 Å². The number of rotatable bonds is 3. The molecule has 1 amide bonds. The third-order valence-corrected chi connectivity index (χ3v) is 5.53. The quantitative estimate of drug-likeness (QED) is 0.866. The standard InChI is InChI=1S/C13H21N3O4S/c1-9-8-14-5-6-16(9)13(17)11-7-12(10(2)20-11)21(18,19)15(3)4/h7,9,14H,5-6,8H2,1-4H3/t9-/m1/s1. The molecule has 0 aromatic carbocycles. The van der Waals surface area contributed by atoms with Crippen molar-refractivity contribution < 1.29 is 17.6 Å². The zero-order chi connectivity index (χ0) is 15.8. The normalized spacial score (nSPS) is 20.0. The van der Waals surface area contributed by atoms with Crippen molar-refractivity contribution in [2.24, 2.45) is 0 Å². The van der Waals surface area contributed by atoms with Crippen LogP contribution < -0.4 is 5.32 Å². The molecule has 1 atom stereocenters. The Balaban J connectivity index is 2.32. The van der Waals surface area contributed by atoms with Crippen LogP contribution in [0.15, 0.2) is 15.4 Å². The number of furan rings is 1. The average molecular weight is 315 g/mol. The van der Waals surface area contributed by atoms with E-state index in [4.69, 9.17) is 4.42 Å². The monoisotopic (exact) mass is 315 g/mol. The van der Waals surface area contributed by atoms with Crippen LogP contribution in [0, 0.1) is 6.92 Å². The number of amides is 1. The second-order valence-electron chi connectivity index (χ2n) is 5.37. The van der Waals surface area contributed by atoms with E-state index in [9.17, 15) is 13.2 Å². The van der Waals surface area contributed by atoms with Crippen LogP contribution in [0.3, 0.4) is 0 Å². The second kappa shape index (κ2) is 5.78. The highest BCUT2D eigenvalue weighted by molar-refractivity contribution is 7.89. The fourth-order valence-electron chi connectivity index (χ4n) is 2.31. The number of carbonyl (C=O) groups excluding carboxylic acids is 1. The van der Waals surface area contributed by atoms with E-state index in [-0.39, 0.29) is 28.4 Å². The molecule has 0 bridgehead atoms. The van der Waals surface area contributed by atoms with E-state index in [2.05, 4.69) is 5.32 Å². The summed E-state index contributed by atoms with van der Waals surface area (Å²) >= 11 is 0. The lowest BCUT2D eigenvalue weighted by atomic mass is 10.2. The van der Waals surface area contributed by atoms with Crippen molar-refractivity contribution in [2.75, 3.05) is 33.7 Å². The first-order valence-corrected chi connectivity index (χ1v) is 8.23. The summed E-state index contributed by atoms with van der Waals surface area (Å²) < 4.78 is 30.8. The molecule has 1 N–H and O–H groups in total. The predicted octanol–water partition coefficient (Wildman–Crippen LogP) is 0.272. The van der Waals surface area contributed by atoms with Crippen molar-refractivity contribution in [2.45, 2.75) is 24.8 Å². The molecule has 0 aliphatic carbocycles. The molecule has 21 heavy (non-hydrogen) atoms. The number of hydrogen-bond donors (Lipinski definition) is 1. The minimum absolute atomic E-state index is 0.0404. The fourth-order valence-corrected chi connectivity index (χ4v) is 3.36. The highest BCUT2D eigenvalue weighted by Gasteiger charge is 2.30. The van der Waals surface area contributed by atoms with Crippen LogP contribution in [0.2, 0.25) is 0 Å². The number of piperazine rings is 1. The molecule has 8 heteroatoms. The van der Waals surface area contributed by atoms with Crippen molar-refractivity contribution in [3.05, 3.63) is 17.6 Å². The highest BCUT2D eigenvalue weighted by atomic mass is 32.2. The fraction of sp³-hybridized carbons (Fsp3) is 0.615. The lowest BCUT2D eigenvalue weighted by molar-refractivity contribution is 0.0622. The molecule has 7 nitrogen and oxygen atoms in total. The first kappa shape index (κ1) is 16.0. The van der Waals surface area contributed by atoms with Crippen LogP contribution in [0.25, 0.3) is 0 Å². The van der Waals surface area contributed by atoms with Gasteiger partial charge in [-0.3, -0.25) is 4.79 Å². The van der Waals surface area contributed by atoms with Gasteiger partial charge in [-0.05, 0) is 13.8 Å². The van der Waals surface area contributed by atoms with E-state index in [1.54, 1.807) is 11.8 Å². The predicted molar refractivity (Wildman–Crippen MR) is 77.7 cm³/mol. The van der Waals surface area contributed by atoms with Crippen LogP contribution in [0.1, 0.15) is 23.2 Å². The van der Waals surface area contributed by atoms with Gasteiger partial charge in [0.05, 0.1) is 0 Å². The summed E-state index contributed by atoms with van der Waals surface area (Å²) in [4.78, 5) is 14.2. The van der Waals surface area contributed by atoms with E-state index in [0.29, 0.717) is 13.1 Å². The molecular formula is C13H21N3O4S. The summed E-state index contributed by atoms with van der Waals surface area (Å²) in [5, 5.41) is 3.20. The number of nitrogens with one attached hydrogen (secondary N) is 1. The van der Waals surface area contributed by atoms with Gasteiger partial charge in [0.1, 0.15) is 10.7 Å². The Labute approximate surface area is 124 Å². The maximum absolute atomic E-state index is 12.5. The van der Waals surface area contributed by atoms with Gasteiger partial charge in [0.25, 0.3) is 5.91 Å². The lowest BCUT2D eigenvalue weighted by Crippen LogP contribution is -2.52. The molecule has 2 rings (SSSR count). The van der Waals surface area contributed by atoms with Gasteiger partial charge in [0, 0.05) is 45.8 Å². The molecule has 0 spiro atoms. The Hall–Kier alpha value is -1.38. The number of nitrogens with zero attached hydrogens (tertiary/aromatic N) is 2. The SMILES string of the molecule is Cc1oc(C(=O)N2CCNC[C@H]2C)cc1S(=O)(=O)N(C)C.